The van der Waals surface area contributed by atoms with Crippen LogP contribution in [0.5, 0.6) is 0 Å². The molecule has 2 rings (SSSR count). The first kappa shape index (κ1) is 12.8. The van der Waals surface area contributed by atoms with Gasteiger partial charge >= 0.3 is 0 Å². The maximum atomic E-state index is 11.5. The van der Waals surface area contributed by atoms with Crippen LogP contribution in [0.3, 0.4) is 0 Å². The topological polar surface area (TPSA) is 58.2 Å². The molecular weight excluding hydrogens is 268 g/mol. The zero-order valence-corrected chi connectivity index (χ0v) is 11.2. The van der Waals surface area contributed by atoms with Crippen molar-refractivity contribution in [1.82, 2.24) is 10.6 Å². The van der Waals surface area contributed by atoms with Crippen LogP contribution in [0.2, 0.25) is 0 Å². The maximum absolute atomic E-state index is 11.5. The third kappa shape index (κ3) is 2.77. The number of carbonyl (C=O) groups excluding carboxylic acids is 2. The molecule has 1 aliphatic heterocycles. The van der Waals surface area contributed by atoms with Crippen molar-refractivity contribution in [2.75, 3.05) is 7.05 Å². The minimum Gasteiger partial charge on any atom is -0.355 e. The van der Waals surface area contributed by atoms with E-state index in [1.807, 2.05) is 0 Å². The van der Waals surface area contributed by atoms with Gasteiger partial charge in [-0.25, -0.2) is 0 Å². The molecule has 1 saturated heterocycles. The highest BCUT2D eigenvalue weighted by Crippen LogP contribution is 2.25. The fourth-order valence-corrected chi connectivity index (χ4v) is 2.49. The lowest BCUT2D eigenvalue weighted by Gasteiger charge is -2.00. The summed E-state index contributed by atoms with van der Waals surface area (Å²) in [5.74, 6) is -0.316. The molecule has 2 amide bonds. The van der Waals surface area contributed by atoms with Crippen LogP contribution >= 0.6 is 24.0 Å². The lowest BCUT2D eigenvalue weighted by molar-refractivity contribution is -0.115. The predicted octanol–water partition coefficient (Wildman–Crippen LogP) is 1.53. The van der Waals surface area contributed by atoms with Crippen LogP contribution in [0.1, 0.15) is 15.9 Å². The van der Waals surface area contributed by atoms with Gasteiger partial charge in [0.05, 0.1) is 4.91 Å². The second kappa shape index (κ2) is 5.32. The summed E-state index contributed by atoms with van der Waals surface area (Å²) in [5.41, 5.74) is 1.43. The first-order valence-corrected chi connectivity index (χ1v) is 6.39. The van der Waals surface area contributed by atoms with Crippen molar-refractivity contribution < 1.29 is 9.59 Å². The number of carbonyl (C=O) groups is 2. The fourth-order valence-electron chi connectivity index (χ4n) is 1.45. The van der Waals surface area contributed by atoms with Gasteiger partial charge < -0.3 is 10.6 Å². The number of hydrogen-bond donors (Lipinski definition) is 2. The van der Waals surface area contributed by atoms with Crippen molar-refractivity contribution in [3.63, 3.8) is 0 Å². The van der Waals surface area contributed by atoms with Crippen LogP contribution < -0.4 is 10.6 Å². The van der Waals surface area contributed by atoms with E-state index in [0.29, 0.717) is 14.8 Å². The summed E-state index contributed by atoms with van der Waals surface area (Å²) >= 11 is 6.13. The van der Waals surface area contributed by atoms with Gasteiger partial charge in [-0.15, -0.1) is 0 Å². The largest absolute Gasteiger partial charge is 0.355 e. The normalized spacial score (nSPS) is 16.8. The van der Waals surface area contributed by atoms with Crippen LogP contribution in [-0.2, 0) is 4.79 Å². The van der Waals surface area contributed by atoms with Gasteiger partial charge in [-0.1, -0.05) is 36.1 Å². The van der Waals surface area contributed by atoms with Gasteiger partial charge in [0, 0.05) is 12.6 Å². The van der Waals surface area contributed by atoms with E-state index in [2.05, 4.69) is 10.6 Å². The van der Waals surface area contributed by atoms with E-state index in [1.54, 1.807) is 37.4 Å². The summed E-state index contributed by atoms with van der Waals surface area (Å²) in [4.78, 5) is 23.4. The predicted molar refractivity (Wildman–Crippen MR) is 76.1 cm³/mol. The Hall–Kier alpha value is -1.66. The molecule has 2 N–H and O–H groups in total. The van der Waals surface area contributed by atoms with E-state index < -0.39 is 0 Å². The maximum Gasteiger partial charge on any atom is 0.263 e. The SMILES string of the molecule is CNC(=O)c1ccc(C=C2SC(=S)NC2=O)cc1. The van der Waals surface area contributed by atoms with E-state index in [0.717, 1.165) is 5.56 Å². The number of thioether (sulfide) groups is 1. The molecule has 4 nitrogen and oxygen atoms in total. The Bertz CT molecular complexity index is 550. The fraction of sp³-hybridized carbons (Fsp3) is 0.0833. The highest BCUT2D eigenvalue weighted by molar-refractivity contribution is 8.26. The summed E-state index contributed by atoms with van der Waals surface area (Å²) < 4.78 is 0.466. The summed E-state index contributed by atoms with van der Waals surface area (Å²) in [5, 5.41) is 5.10. The standard InChI is InChI=1S/C12H10N2O2S2/c1-13-10(15)8-4-2-7(3-5-8)6-9-11(16)14-12(17)18-9/h2-6H,1H3,(H,13,15)(H,14,16,17). The minimum absolute atomic E-state index is 0.136. The third-order valence-corrected chi connectivity index (χ3v) is 3.50. The smallest absolute Gasteiger partial charge is 0.263 e. The number of benzene rings is 1. The second-order valence-corrected chi connectivity index (χ2v) is 5.27. The highest BCUT2D eigenvalue weighted by atomic mass is 32.2. The van der Waals surface area contributed by atoms with Crippen LogP contribution in [0.4, 0.5) is 0 Å². The molecule has 1 aromatic rings. The first-order valence-electron chi connectivity index (χ1n) is 5.17. The molecule has 0 unspecified atom stereocenters. The highest BCUT2D eigenvalue weighted by Gasteiger charge is 2.21. The molecule has 0 atom stereocenters. The summed E-state index contributed by atoms with van der Waals surface area (Å²) in [7, 11) is 1.58. The zero-order valence-electron chi connectivity index (χ0n) is 9.52. The molecule has 0 spiro atoms. The van der Waals surface area contributed by atoms with Crippen molar-refractivity contribution in [2.45, 2.75) is 0 Å². The summed E-state index contributed by atoms with van der Waals surface area (Å²) in [6, 6.07) is 6.99. The molecule has 1 fully saturated rings. The number of rotatable bonds is 2. The number of hydrogen-bond acceptors (Lipinski definition) is 4. The Morgan fingerprint density at radius 1 is 1.39 bits per heavy atom. The summed E-state index contributed by atoms with van der Waals surface area (Å²) in [6.45, 7) is 0. The Kier molecular flexibility index (Phi) is 3.78. The van der Waals surface area contributed by atoms with Crippen molar-refractivity contribution >= 4 is 46.2 Å². The molecule has 0 radical (unpaired) electrons. The Balaban J connectivity index is 2.21. The Morgan fingerprint density at radius 2 is 2.06 bits per heavy atom. The molecule has 18 heavy (non-hydrogen) atoms. The zero-order chi connectivity index (χ0) is 13.1. The average molecular weight is 278 g/mol. The van der Waals surface area contributed by atoms with E-state index in [1.165, 1.54) is 11.8 Å². The molecule has 0 saturated carbocycles. The van der Waals surface area contributed by atoms with Crippen molar-refractivity contribution in [2.24, 2.45) is 0 Å². The van der Waals surface area contributed by atoms with Gasteiger partial charge in [-0.3, -0.25) is 9.59 Å². The van der Waals surface area contributed by atoms with E-state index in [4.69, 9.17) is 12.2 Å². The Labute approximate surface area is 114 Å². The molecular formula is C12H10N2O2S2. The quantitative estimate of drug-likeness (QED) is 0.636. The van der Waals surface area contributed by atoms with Gasteiger partial charge in [0.1, 0.15) is 4.32 Å². The molecule has 92 valence electrons. The molecule has 0 aromatic heterocycles. The first-order chi connectivity index (χ1) is 8.60. The van der Waals surface area contributed by atoms with E-state index >= 15 is 0 Å². The lowest BCUT2D eigenvalue weighted by atomic mass is 10.1. The Morgan fingerprint density at radius 3 is 2.56 bits per heavy atom. The minimum atomic E-state index is -0.180. The van der Waals surface area contributed by atoms with E-state index in [9.17, 15) is 9.59 Å². The van der Waals surface area contributed by atoms with Gasteiger partial charge in [0.25, 0.3) is 11.8 Å². The van der Waals surface area contributed by atoms with Crippen molar-refractivity contribution in [3.05, 3.63) is 40.3 Å². The lowest BCUT2D eigenvalue weighted by Crippen LogP contribution is -2.17. The average Bonchev–Trinajstić information content (AvgIpc) is 2.68. The van der Waals surface area contributed by atoms with Crippen LogP contribution in [0, 0.1) is 0 Å². The molecule has 6 heteroatoms. The van der Waals surface area contributed by atoms with Crippen LogP contribution in [0.25, 0.3) is 6.08 Å². The number of amides is 2. The van der Waals surface area contributed by atoms with E-state index in [-0.39, 0.29) is 11.8 Å². The molecule has 0 bridgehead atoms. The second-order valence-electron chi connectivity index (χ2n) is 3.55. The molecule has 1 aliphatic rings. The van der Waals surface area contributed by atoms with Crippen molar-refractivity contribution in [3.8, 4) is 0 Å². The summed E-state index contributed by atoms with van der Waals surface area (Å²) in [6.07, 6.45) is 1.74. The number of thiocarbonyl (C=S) groups is 1. The van der Waals surface area contributed by atoms with Crippen LogP contribution in [0.15, 0.2) is 29.2 Å². The molecule has 0 aliphatic carbocycles. The number of nitrogens with one attached hydrogen (secondary N) is 2. The monoisotopic (exact) mass is 278 g/mol. The van der Waals surface area contributed by atoms with Crippen molar-refractivity contribution in [1.29, 1.82) is 0 Å². The van der Waals surface area contributed by atoms with Gasteiger partial charge in [-0.05, 0) is 23.8 Å². The third-order valence-electron chi connectivity index (χ3n) is 2.34. The van der Waals surface area contributed by atoms with Gasteiger partial charge in [0.2, 0.25) is 0 Å². The van der Waals surface area contributed by atoms with Crippen LogP contribution in [-0.4, -0.2) is 23.2 Å². The molecule has 1 aromatic carbocycles. The van der Waals surface area contributed by atoms with Gasteiger partial charge in [-0.2, -0.15) is 0 Å². The molecule has 1 heterocycles. The van der Waals surface area contributed by atoms with Gasteiger partial charge in [0.15, 0.2) is 0 Å².